The minimum absolute atomic E-state index is 0.164. The average Bonchev–Trinajstić information content (AvgIpc) is 3.20. The third-order valence-electron chi connectivity index (χ3n) is 5.59. The number of nitriles is 1. The summed E-state index contributed by atoms with van der Waals surface area (Å²) < 4.78 is 0. The lowest BCUT2D eigenvalue weighted by atomic mass is 9.88. The summed E-state index contributed by atoms with van der Waals surface area (Å²) >= 11 is 1.64. The van der Waals surface area contributed by atoms with Crippen molar-refractivity contribution in [1.82, 2.24) is 0 Å². The Bertz CT molecular complexity index is 627. The fourth-order valence-electron chi connectivity index (χ4n) is 4.54. The molecule has 0 saturated heterocycles. The zero-order valence-corrected chi connectivity index (χ0v) is 13.0. The predicted octanol–water partition coefficient (Wildman–Crippen LogP) is 3.87. The van der Waals surface area contributed by atoms with E-state index in [1.165, 1.54) is 36.1 Å². The summed E-state index contributed by atoms with van der Waals surface area (Å²) in [6.07, 6.45) is 9.27. The molecule has 0 spiro atoms. The van der Waals surface area contributed by atoms with Crippen molar-refractivity contribution in [2.75, 3.05) is 5.32 Å². The van der Waals surface area contributed by atoms with E-state index in [-0.39, 0.29) is 11.8 Å². The Morgan fingerprint density at radius 3 is 2.81 bits per heavy atom. The first-order chi connectivity index (χ1) is 10.3. The van der Waals surface area contributed by atoms with Gasteiger partial charge in [-0.1, -0.05) is 6.42 Å². The molecule has 21 heavy (non-hydrogen) atoms. The predicted molar refractivity (Wildman–Crippen MR) is 83.2 cm³/mol. The van der Waals surface area contributed by atoms with E-state index in [4.69, 9.17) is 0 Å². The van der Waals surface area contributed by atoms with Crippen LogP contribution in [0.4, 0.5) is 5.00 Å². The standard InChI is InChI=1S/C17H20N2OS/c18-9-14-12-3-1-2-4-15(12)21-17(14)19-16(20)13-8-10-5-6-11(13)7-10/h10-11,13H,1-8H2,(H,19,20)/t10-,11-,13-/m0/s1. The zero-order chi connectivity index (χ0) is 14.4. The van der Waals surface area contributed by atoms with Gasteiger partial charge >= 0.3 is 0 Å². The van der Waals surface area contributed by atoms with Gasteiger partial charge in [0.2, 0.25) is 5.91 Å². The second-order valence-corrected chi connectivity index (χ2v) is 7.90. The lowest BCUT2D eigenvalue weighted by Gasteiger charge is -2.20. The Balaban J connectivity index is 1.56. The quantitative estimate of drug-likeness (QED) is 0.901. The van der Waals surface area contributed by atoms with E-state index in [9.17, 15) is 10.1 Å². The van der Waals surface area contributed by atoms with Crippen molar-refractivity contribution < 1.29 is 4.79 Å². The molecule has 3 aliphatic rings. The lowest BCUT2D eigenvalue weighted by Crippen LogP contribution is -2.27. The van der Waals surface area contributed by atoms with E-state index in [1.807, 2.05) is 0 Å². The number of aryl methyl sites for hydroxylation is 1. The third kappa shape index (κ3) is 2.19. The Morgan fingerprint density at radius 1 is 1.24 bits per heavy atom. The smallest absolute Gasteiger partial charge is 0.228 e. The number of nitrogens with one attached hydrogen (secondary N) is 1. The molecule has 2 fully saturated rings. The monoisotopic (exact) mass is 300 g/mol. The molecule has 2 saturated carbocycles. The first kappa shape index (κ1) is 13.3. The Labute approximate surface area is 129 Å². The molecule has 110 valence electrons. The van der Waals surface area contributed by atoms with Crippen molar-refractivity contribution in [3.63, 3.8) is 0 Å². The molecule has 1 aromatic rings. The van der Waals surface area contributed by atoms with Gasteiger partial charge in [-0.05, 0) is 62.3 Å². The molecular formula is C17H20N2OS. The van der Waals surface area contributed by atoms with Crippen molar-refractivity contribution in [3.8, 4) is 6.07 Å². The highest BCUT2D eigenvalue weighted by Crippen LogP contribution is 2.49. The van der Waals surface area contributed by atoms with Crippen molar-refractivity contribution >= 4 is 22.2 Å². The van der Waals surface area contributed by atoms with Crippen molar-refractivity contribution in [2.45, 2.75) is 51.4 Å². The van der Waals surface area contributed by atoms with Gasteiger partial charge in [-0.2, -0.15) is 5.26 Å². The molecule has 1 amide bonds. The van der Waals surface area contributed by atoms with Crippen LogP contribution in [0.1, 0.15) is 54.5 Å². The number of thiophene rings is 1. The molecule has 0 aliphatic heterocycles. The first-order valence-corrected chi connectivity index (χ1v) is 8.93. The van der Waals surface area contributed by atoms with E-state index in [0.717, 1.165) is 42.2 Å². The number of nitrogens with zero attached hydrogens (tertiary/aromatic N) is 1. The molecule has 4 heteroatoms. The van der Waals surface area contributed by atoms with Crippen LogP contribution in [0.2, 0.25) is 0 Å². The molecular weight excluding hydrogens is 280 g/mol. The number of rotatable bonds is 2. The number of hydrogen-bond acceptors (Lipinski definition) is 3. The molecule has 0 radical (unpaired) electrons. The summed E-state index contributed by atoms with van der Waals surface area (Å²) in [7, 11) is 0. The van der Waals surface area contributed by atoms with Crippen molar-refractivity contribution in [2.24, 2.45) is 17.8 Å². The third-order valence-corrected chi connectivity index (χ3v) is 6.80. The van der Waals surface area contributed by atoms with E-state index >= 15 is 0 Å². The minimum Gasteiger partial charge on any atom is -0.316 e. The fourth-order valence-corrected chi connectivity index (χ4v) is 5.79. The summed E-state index contributed by atoms with van der Waals surface area (Å²) in [4.78, 5) is 13.9. The van der Waals surface area contributed by atoms with Crippen LogP contribution in [-0.2, 0) is 17.6 Å². The van der Waals surface area contributed by atoms with Crippen LogP contribution < -0.4 is 5.32 Å². The fraction of sp³-hybridized carbons (Fsp3) is 0.647. The maximum absolute atomic E-state index is 12.6. The van der Waals surface area contributed by atoms with Gasteiger partial charge in [-0.3, -0.25) is 4.79 Å². The number of hydrogen-bond donors (Lipinski definition) is 1. The van der Waals surface area contributed by atoms with E-state index in [2.05, 4.69) is 11.4 Å². The number of carbonyl (C=O) groups is 1. The van der Waals surface area contributed by atoms with Gasteiger partial charge in [0.15, 0.2) is 0 Å². The molecule has 2 bridgehead atoms. The summed E-state index contributed by atoms with van der Waals surface area (Å²) in [6.45, 7) is 0. The SMILES string of the molecule is N#Cc1c(NC(=O)[C@H]2C[C@H]3CC[C@H]2C3)sc2c1CCCC2. The van der Waals surface area contributed by atoms with Crippen molar-refractivity contribution in [3.05, 3.63) is 16.0 Å². The second-order valence-electron chi connectivity index (χ2n) is 6.80. The van der Waals surface area contributed by atoms with E-state index < -0.39 is 0 Å². The van der Waals surface area contributed by atoms with E-state index in [1.54, 1.807) is 11.3 Å². The van der Waals surface area contributed by atoms with Crippen LogP contribution in [0.25, 0.3) is 0 Å². The molecule has 3 nitrogen and oxygen atoms in total. The Hall–Kier alpha value is -1.34. The zero-order valence-electron chi connectivity index (χ0n) is 12.2. The van der Waals surface area contributed by atoms with Crippen LogP contribution in [0.3, 0.4) is 0 Å². The molecule has 3 aliphatic carbocycles. The number of anilines is 1. The maximum atomic E-state index is 12.6. The minimum atomic E-state index is 0.164. The molecule has 4 rings (SSSR count). The molecule has 3 atom stereocenters. The summed E-state index contributed by atoms with van der Waals surface area (Å²) in [5.74, 6) is 1.72. The van der Waals surface area contributed by atoms with Gasteiger partial charge in [0.1, 0.15) is 11.1 Å². The largest absolute Gasteiger partial charge is 0.316 e. The number of amides is 1. The molecule has 0 unspecified atom stereocenters. The number of fused-ring (bicyclic) bond motifs is 3. The number of carbonyl (C=O) groups excluding carboxylic acids is 1. The van der Waals surface area contributed by atoms with Crippen LogP contribution in [0.5, 0.6) is 0 Å². The highest BCUT2D eigenvalue weighted by atomic mass is 32.1. The lowest BCUT2D eigenvalue weighted by molar-refractivity contribution is -0.121. The highest BCUT2D eigenvalue weighted by molar-refractivity contribution is 7.16. The van der Waals surface area contributed by atoms with Gasteiger partial charge in [0.25, 0.3) is 0 Å². The molecule has 1 aromatic heterocycles. The topological polar surface area (TPSA) is 52.9 Å². The van der Waals surface area contributed by atoms with Crippen molar-refractivity contribution in [1.29, 1.82) is 5.26 Å². The summed E-state index contributed by atoms with van der Waals surface area (Å²) in [5.41, 5.74) is 1.95. The molecule has 0 aromatic carbocycles. The maximum Gasteiger partial charge on any atom is 0.228 e. The highest BCUT2D eigenvalue weighted by Gasteiger charge is 2.43. The second kappa shape index (κ2) is 5.14. The normalized spacial score (nSPS) is 30.0. The van der Waals surface area contributed by atoms with Crippen LogP contribution >= 0.6 is 11.3 Å². The van der Waals surface area contributed by atoms with Gasteiger partial charge in [0, 0.05) is 10.8 Å². The van der Waals surface area contributed by atoms with E-state index in [0.29, 0.717) is 5.92 Å². The Morgan fingerprint density at radius 2 is 2.10 bits per heavy atom. The Kier molecular flexibility index (Phi) is 3.26. The van der Waals surface area contributed by atoms with Crippen LogP contribution in [0.15, 0.2) is 0 Å². The first-order valence-electron chi connectivity index (χ1n) is 8.11. The summed E-state index contributed by atoms with van der Waals surface area (Å²) in [5, 5.41) is 13.4. The van der Waals surface area contributed by atoms with Gasteiger partial charge in [-0.15, -0.1) is 11.3 Å². The van der Waals surface area contributed by atoms with Crippen LogP contribution in [0, 0.1) is 29.1 Å². The average molecular weight is 300 g/mol. The molecule has 1 heterocycles. The van der Waals surface area contributed by atoms with Crippen LogP contribution in [-0.4, -0.2) is 5.91 Å². The van der Waals surface area contributed by atoms with Gasteiger partial charge in [0.05, 0.1) is 5.56 Å². The van der Waals surface area contributed by atoms with Gasteiger partial charge in [-0.25, -0.2) is 0 Å². The summed E-state index contributed by atoms with van der Waals surface area (Å²) in [6, 6.07) is 2.33. The van der Waals surface area contributed by atoms with Gasteiger partial charge < -0.3 is 5.32 Å². The molecule has 1 N–H and O–H groups in total.